The van der Waals surface area contributed by atoms with Gasteiger partial charge in [-0.3, -0.25) is 4.90 Å². The fourth-order valence-corrected chi connectivity index (χ4v) is 4.86. The molecule has 192 valence electrons. The molecule has 35 heavy (non-hydrogen) atoms. The number of alkyl halides is 5. The van der Waals surface area contributed by atoms with Crippen LogP contribution in [0.1, 0.15) is 62.7 Å². The van der Waals surface area contributed by atoms with Crippen LogP contribution in [0.25, 0.3) is 5.65 Å². The first-order valence-corrected chi connectivity index (χ1v) is 11.7. The second-order valence-electron chi connectivity index (χ2n) is 9.89. The van der Waals surface area contributed by atoms with Gasteiger partial charge in [0.15, 0.2) is 11.4 Å². The Kier molecular flexibility index (Phi) is 5.70. The third-order valence-electron chi connectivity index (χ3n) is 7.22. The molecule has 2 amide bonds. The highest BCUT2D eigenvalue weighted by Gasteiger charge is 2.53. The zero-order valence-electron chi connectivity index (χ0n) is 19.1. The predicted octanol–water partition coefficient (Wildman–Crippen LogP) is 3.86. The predicted molar refractivity (Wildman–Crippen MR) is 113 cm³/mol. The van der Waals surface area contributed by atoms with Crippen molar-refractivity contribution in [3.8, 4) is 0 Å². The summed E-state index contributed by atoms with van der Waals surface area (Å²) in [5.41, 5.74) is 6.09. The highest BCUT2D eigenvalue weighted by Crippen LogP contribution is 2.42. The lowest BCUT2D eigenvalue weighted by molar-refractivity contribution is -0.164. The summed E-state index contributed by atoms with van der Waals surface area (Å²) in [6.07, 6.45) is -0.0785. The molecule has 0 radical (unpaired) electrons. The number of ether oxygens (including phenoxy) is 1. The molecule has 2 aromatic rings. The Bertz CT molecular complexity index is 1110. The molecule has 2 unspecified atom stereocenters. The summed E-state index contributed by atoms with van der Waals surface area (Å²) in [5.74, 6) is -2.81. The molecule has 3 atom stereocenters. The van der Waals surface area contributed by atoms with E-state index in [9.17, 15) is 26.7 Å². The molecular weight excluding hydrogens is 475 g/mol. The minimum absolute atomic E-state index is 0.143. The van der Waals surface area contributed by atoms with Crippen molar-refractivity contribution in [1.29, 1.82) is 0 Å². The number of nitrogens with zero attached hydrogens (tertiary/aromatic N) is 4. The Morgan fingerprint density at radius 1 is 1.23 bits per heavy atom. The Hall–Kier alpha value is -2.54. The molecule has 13 heteroatoms. The summed E-state index contributed by atoms with van der Waals surface area (Å²) in [7, 11) is 0. The smallest absolute Gasteiger partial charge is 0.348 e. The van der Waals surface area contributed by atoms with Crippen LogP contribution in [0.15, 0.2) is 18.5 Å². The molecule has 2 aromatic heterocycles. The summed E-state index contributed by atoms with van der Waals surface area (Å²) in [5, 5.41) is 6.31. The number of carbonyl (C=O) groups is 1. The van der Waals surface area contributed by atoms with Crippen LogP contribution in [0.4, 0.5) is 26.7 Å². The van der Waals surface area contributed by atoms with Gasteiger partial charge in [0.05, 0.1) is 36.8 Å². The lowest BCUT2D eigenvalue weighted by atomic mass is 9.81. The van der Waals surface area contributed by atoms with E-state index >= 15 is 0 Å². The van der Waals surface area contributed by atoms with Crippen molar-refractivity contribution < 1.29 is 31.5 Å². The second kappa shape index (κ2) is 8.26. The molecule has 3 N–H and O–H groups in total. The van der Waals surface area contributed by atoms with Gasteiger partial charge in [-0.05, 0) is 44.6 Å². The fraction of sp³-hybridized carbons (Fsp3) is 0.682. The van der Waals surface area contributed by atoms with Crippen LogP contribution in [0.3, 0.4) is 0 Å². The number of aromatic nitrogens is 3. The molecule has 8 nitrogen and oxygen atoms in total. The lowest BCUT2D eigenvalue weighted by Crippen LogP contribution is -2.48. The van der Waals surface area contributed by atoms with Crippen LogP contribution in [-0.4, -0.2) is 56.3 Å². The minimum atomic E-state index is -4.59. The number of imidazole rings is 1. The molecule has 0 spiro atoms. The fourth-order valence-electron chi connectivity index (χ4n) is 4.86. The number of amides is 2. The average Bonchev–Trinajstić information content (AvgIpc) is 3.32. The van der Waals surface area contributed by atoms with Gasteiger partial charge in [0, 0.05) is 18.4 Å². The van der Waals surface area contributed by atoms with Crippen LogP contribution < -0.4 is 11.1 Å². The topological polar surface area (TPSA) is 97.8 Å². The minimum Gasteiger partial charge on any atom is -0.348 e. The molecule has 0 bridgehead atoms. The van der Waals surface area contributed by atoms with Crippen molar-refractivity contribution in [2.45, 2.75) is 81.5 Å². The Labute approximate surface area is 198 Å². The van der Waals surface area contributed by atoms with Gasteiger partial charge in [-0.25, -0.2) is 23.1 Å². The van der Waals surface area contributed by atoms with Crippen molar-refractivity contribution in [2.24, 2.45) is 11.7 Å². The van der Waals surface area contributed by atoms with E-state index in [1.165, 1.54) is 10.7 Å². The molecule has 2 saturated carbocycles. The summed E-state index contributed by atoms with van der Waals surface area (Å²) in [4.78, 5) is 18.1. The van der Waals surface area contributed by atoms with Gasteiger partial charge in [-0.2, -0.15) is 18.3 Å². The monoisotopic (exact) mass is 502 g/mol. The van der Waals surface area contributed by atoms with E-state index in [0.29, 0.717) is 29.7 Å². The van der Waals surface area contributed by atoms with Gasteiger partial charge in [0.2, 0.25) is 5.92 Å². The molecule has 1 aliphatic heterocycles. The average molecular weight is 502 g/mol. The second-order valence-corrected chi connectivity index (χ2v) is 9.89. The zero-order chi connectivity index (χ0) is 25.2. The third kappa shape index (κ3) is 4.67. The standard InChI is InChI=1S/C22H27F5N6O2/c1-20(35-14-2-3-14,32-11-16(22(25,26)27)31-19(32)34)13-8-17-30-15(10-33(17)29-9-13)18(28)12-4-6-21(23,24)7-5-12/h8-10,12,14,16,18H,2-7,11,28H2,1H3,(H,31,34)/t16?,18-,20?/m0/s1. The van der Waals surface area contributed by atoms with Crippen molar-refractivity contribution in [2.75, 3.05) is 6.54 Å². The van der Waals surface area contributed by atoms with E-state index < -0.39 is 42.5 Å². The molecule has 2 aliphatic carbocycles. The largest absolute Gasteiger partial charge is 0.410 e. The molecule has 1 saturated heterocycles. The number of carbonyl (C=O) groups excluding carboxylic acids is 1. The third-order valence-corrected chi connectivity index (χ3v) is 7.22. The van der Waals surface area contributed by atoms with E-state index in [2.05, 4.69) is 10.1 Å². The summed E-state index contributed by atoms with van der Waals surface area (Å²) >= 11 is 0. The number of halogens is 5. The van der Waals surface area contributed by atoms with Crippen LogP contribution in [0.2, 0.25) is 0 Å². The maximum atomic E-state index is 13.5. The van der Waals surface area contributed by atoms with Crippen molar-refractivity contribution >= 4 is 11.7 Å². The Morgan fingerprint density at radius 3 is 2.51 bits per heavy atom. The highest BCUT2D eigenvalue weighted by molar-refractivity contribution is 5.78. The molecular formula is C22H27F5N6O2. The van der Waals surface area contributed by atoms with E-state index in [1.807, 2.05) is 5.32 Å². The first kappa shape index (κ1) is 24.2. The van der Waals surface area contributed by atoms with Crippen molar-refractivity contribution in [3.63, 3.8) is 0 Å². The van der Waals surface area contributed by atoms with Crippen molar-refractivity contribution in [3.05, 3.63) is 29.7 Å². The van der Waals surface area contributed by atoms with Gasteiger partial charge in [-0.1, -0.05) is 0 Å². The van der Waals surface area contributed by atoms with Gasteiger partial charge >= 0.3 is 12.2 Å². The summed E-state index contributed by atoms with van der Waals surface area (Å²) in [6, 6.07) is -1.83. The molecule has 3 fully saturated rings. The lowest BCUT2D eigenvalue weighted by Gasteiger charge is -2.38. The molecule has 5 rings (SSSR count). The van der Waals surface area contributed by atoms with E-state index in [0.717, 1.165) is 17.7 Å². The zero-order valence-corrected chi connectivity index (χ0v) is 19.1. The number of rotatable bonds is 6. The van der Waals surface area contributed by atoms with Crippen molar-refractivity contribution in [1.82, 2.24) is 24.8 Å². The number of urea groups is 1. The number of nitrogens with two attached hydrogens (primary N) is 1. The van der Waals surface area contributed by atoms with E-state index in [1.54, 1.807) is 19.2 Å². The van der Waals surface area contributed by atoms with Gasteiger partial charge in [-0.15, -0.1) is 0 Å². The van der Waals surface area contributed by atoms with Crippen LogP contribution >= 0.6 is 0 Å². The Balaban J connectivity index is 1.43. The quantitative estimate of drug-likeness (QED) is 0.585. The number of hydrogen-bond acceptors (Lipinski definition) is 5. The Morgan fingerprint density at radius 2 is 1.91 bits per heavy atom. The number of fused-ring (bicyclic) bond motifs is 1. The maximum Gasteiger partial charge on any atom is 0.410 e. The van der Waals surface area contributed by atoms with Gasteiger partial charge in [0.1, 0.15) is 6.04 Å². The summed E-state index contributed by atoms with van der Waals surface area (Å²) in [6.45, 7) is 0.947. The first-order chi connectivity index (χ1) is 16.4. The summed E-state index contributed by atoms with van der Waals surface area (Å²) < 4.78 is 74.5. The highest BCUT2D eigenvalue weighted by atomic mass is 19.4. The van der Waals surface area contributed by atoms with Crippen LogP contribution in [0, 0.1) is 5.92 Å². The van der Waals surface area contributed by atoms with Crippen LogP contribution in [-0.2, 0) is 10.5 Å². The first-order valence-electron chi connectivity index (χ1n) is 11.7. The normalized spacial score (nSPS) is 26.1. The maximum absolute atomic E-state index is 13.5. The number of nitrogens with one attached hydrogen (secondary N) is 1. The molecule has 3 aliphatic rings. The van der Waals surface area contributed by atoms with Gasteiger partial charge in [0.25, 0.3) is 0 Å². The molecule has 3 heterocycles. The molecule has 0 aromatic carbocycles. The SMILES string of the molecule is CC(OC1CC1)(c1cnn2cc([C@@H](N)C3CCC(F)(F)CC3)nc2c1)N1CC(C(F)(F)F)NC1=O. The van der Waals surface area contributed by atoms with Crippen LogP contribution in [0.5, 0.6) is 0 Å². The van der Waals surface area contributed by atoms with E-state index in [-0.39, 0.29) is 24.9 Å². The van der Waals surface area contributed by atoms with E-state index in [4.69, 9.17) is 10.5 Å². The van der Waals surface area contributed by atoms with Gasteiger partial charge < -0.3 is 15.8 Å². The number of hydrogen-bond donors (Lipinski definition) is 2.